The molecular weight excluding hydrogens is 424 g/mol. The summed E-state index contributed by atoms with van der Waals surface area (Å²) in [6.45, 7) is 4.41. The Morgan fingerprint density at radius 1 is 0.583 bits per heavy atom. The molecule has 0 atom stereocenters. The predicted octanol–water partition coefficient (Wildman–Crippen LogP) is 7.67. The van der Waals surface area contributed by atoms with Crippen molar-refractivity contribution < 1.29 is 0 Å². The van der Waals surface area contributed by atoms with Crippen LogP contribution in [0.4, 0.5) is 0 Å². The van der Waals surface area contributed by atoms with Crippen molar-refractivity contribution in [1.29, 1.82) is 0 Å². The van der Waals surface area contributed by atoms with Crippen LogP contribution < -0.4 is 0 Å². The Morgan fingerprint density at radius 3 is 1.29 bits per heavy atom. The van der Waals surface area contributed by atoms with Gasteiger partial charge < -0.3 is 0 Å². The first-order valence-corrected chi connectivity index (χ1v) is 9.88. The van der Waals surface area contributed by atoms with E-state index in [4.69, 9.17) is 0 Å². The number of aryl methyl sites for hydroxylation is 2. The third-order valence-corrected chi connectivity index (χ3v) is 5.39. The topological polar surface area (TPSA) is 0 Å². The van der Waals surface area contributed by atoms with Crippen molar-refractivity contribution in [3.05, 3.63) is 80.7 Å². The maximum atomic E-state index is 3.57. The van der Waals surface area contributed by atoms with Crippen LogP contribution in [0, 0.1) is 0 Å². The predicted molar refractivity (Wildman–Crippen MR) is 111 cm³/mol. The molecule has 0 aliphatic heterocycles. The molecule has 0 heterocycles. The van der Waals surface area contributed by atoms with Gasteiger partial charge in [0.1, 0.15) is 0 Å². The summed E-state index contributed by atoms with van der Waals surface area (Å²) >= 11 is 7.14. The summed E-state index contributed by atoms with van der Waals surface area (Å²) in [6, 6.07) is 22.0. The maximum absolute atomic E-state index is 3.57. The minimum atomic E-state index is 1.03. The van der Waals surface area contributed by atoms with Crippen molar-refractivity contribution in [2.45, 2.75) is 26.7 Å². The van der Waals surface area contributed by atoms with Crippen molar-refractivity contribution in [3.63, 3.8) is 0 Å². The second kappa shape index (κ2) is 7.67. The van der Waals surface area contributed by atoms with E-state index < -0.39 is 0 Å². The van der Waals surface area contributed by atoms with E-state index in [0.29, 0.717) is 0 Å². The molecule has 3 aromatic rings. The highest BCUT2D eigenvalue weighted by atomic mass is 79.9. The van der Waals surface area contributed by atoms with Gasteiger partial charge in [0.15, 0.2) is 0 Å². The fourth-order valence-electron chi connectivity index (χ4n) is 3.10. The Hall–Kier alpha value is -1.38. The molecule has 0 amide bonds. The van der Waals surface area contributed by atoms with Gasteiger partial charge in [-0.25, -0.2) is 0 Å². The Labute approximate surface area is 161 Å². The van der Waals surface area contributed by atoms with Gasteiger partial charge in [0, 0.05) is 8.95 Å². The second-order valence-electron chi connectivity index (χ2n) is 5.89. The number of rotatable bonds is 4. The minimum absolute atomic E-state index is 1.03. The van der Waals surface area contributed by atoms with Crippen molar-refractivity contribution in [2.24, 2.45) is 0 Å². The normalized spacial score (nSPS) is 10.8. The summed E-state index contributed by atoms with van der Waals surface area (Å²) in [4.78, 5) is 0. The lowest BCUT2D eigenvalue weighted by Gasteiger charge is -2.12. The zero-order valence-electron chi connectivity index (χ0n) is 13.9. The van der Waals surface area contributed by atoms with Crippen molar-refractivity contribution in [3.8, 4) is 22.3 Å². The van der Waals surface area contributed by atoms with Crippen molar-refractivity contribution in [2.75, 3.05) is 0 Å². The van der Waals surface area contributed by atoms with Crippen LogP contribution in [-0.4, -0.2) is 0 Å². The Bertz CT molecular complexity index is 776. The zero-order valence-corrected chi connectivity index (χ0v) is 17.1. The van der Waals surface area contributed by atoms with Crippen LogP contribution in [0.1, 0.15) is 25.0 Å². The number of hydrogen-bond acceptors (Lipinski definition) is 0. The molecule has 24 heavy (non-hydrogen) atoms. The van der Waals surface area contributed by atoms with Crippen LogP contribution in [0.15, 0.2) is 69.6 Å². The van der Waals surface area contributed by atoms with E-state index in [-0.39, 0.29) is 0 Å². The van der Waals surface area contributed by atoms with E-state index in [9.17, 15) is 0 Å². The molecule has 0 fully saturated rings. The lowest BCUT2D eigenvalue weighted by Crippen LogP contribution is -1.90. The molecule has 0 unspecified atom stereocenters. The molecule has 0 saturated heterocycles. The summed E-state index contributed by atoms with van der Waals surface area (Å²) in [6.07, 6.45) is 2.06. The summed E-state index contributed by atoms with van der Waals surface area (Å²) in [7, 11) is 0. The highest BCUT2D eigenvalue weighted by molar-refractivity contribution is 9.10. The van der Waals surface area contributed by atoms with Gasteiger partial charge in [-0.2, -0.15) is 0 Å². The van der Waals surface area contributed by atoms with Gasteiger partial charge in [0.25, 0.3) is 0 Å². The molecular formula is C22H20Br2. The van der Waals surface area contributed by atoms with Gasteiger partial charge in [0.05, 0.1) is 0 Å². The Balaban J connectivity index is 2.00. The van der Waals surface area contributed by atoms with E-state index in [0.717, 1.165) is 21.8 Å². The highest BCUT2D eigenvalue weighted by Gasteiger charge is 2.07. The molecule has 3 aromatic carbocycles. The van der Waals surface area contributed by atoms with Crippen molar-refractivity contribution >= 4 is 31.9 Å². The first-order valence-electron chi connectivity index (χ1n) is 8.30. The molecule has 0 aromatic heterocycles. The van der Waals surface area contributed by atoms with Crippen LogP contribution in [0.3, 0.4) is 0 Å². The third kappa shape index (κ3) is 3.65. The monoisotopic (exact) mass is 442 g/mol. The fourth-order valence-corrected chi connectivity index (χ4v) is 3.92. The van der Waals surface area contributed by atoms with Gasteiger partial charge in [-0.3, -0.25) is 0 Å². The van der Waals surface area contributed by atoms with Gasteiger partial charge in [-0.15, -0.1) is 0 Å². The molecule has 0 aliphatic carbocycles. The lowest BCUT2D eigenvalue weighted by molar-refractivity contribution is 1.14. The van der Waals surface area contributed by atoms with Crippen molar-refractivity contribution in [1.82, 2.24) is 0 Å². The minimum Gasteiger partial charge on any atom is -0.0613 e. The Morgan fingerprint density at radius 2 is 0.958 bits per heavy atom. The van der Waals surface area contributed by atoms with E-state index in [2.05, 4.69) is 106 Å². The summed E-state index contributed by atoms with van der Waals surface area (Å²) in [5.74, 6) is 0. The molecule has 122 valence electrons. The first kappa shape index (κ1) is 17.4. The Kier molecular flexibility index (Phi) is 5.57. The van der Waals surface area contributed by atoms with E-state index in [1.54, 1.807) is 0 Å². The number of benzene rings is 3. The molecule has 0 nitrogen and oxygen atoms in total. The van der Waals surface area contributed by atoms with Crippen LogP contribution >= 0.6 is 31.9 Å². The summed E-state index contributed by atoms with van der Waals surface area (Å²) in [5, 5.41) is 0. The molecule has 0 bridgehead atoms. The molecule has 0 N–H and O–H groups in total. The zero-order chi connectivity index (χ0) is 17.1. The molecule has 0 saturated carbocycles. The van der Waals surface area contributed by atoms with Crippen LogP contribution in [0.2, 0.25) is 0 Å². The fraction of sp³-hybridized carbons (Fsp3) is 0.182. The third-order valence-electron chi connectivity index (χ3n) is 4.40. The molecule has 2 heteroatoms. The molecule has 0 radical (unpaired) electrons. The van der Waals surface area contributed by atoms with Crippen LogP contribution in [0.5, 0.6) is 0 Å². The lowest BCUT2D eigenvalue weighted by atomic mass is 9.94. The first-order chi connectivity index (χ1) is 11.6. The molecule has 0 aliphatic rings. The summed E-state index contributed by atoms with van der Waals surface area (Å²) < 4.78 is 2.28. The largest absolute Gasteiger partial charge is 0.0613 e. The smallest absolute Gasteiger partial charge is 0.0178 e. The quantitative estimate of drug-likeness (QED) is 0.388. The second-order valence-corrected chi connectivity index (χ2v) is 7.72. The van der Waals surface area contributed by atoms with Gasteiger partial charge in [-0.1, -0.05) is 82.1 Å². The van der Waals surface area contributed by atoms with Gasteiger partial charge in [-0.05, 0) is 70.5 Å². The van der Waals surface area contributed by atoms with Gasteiger partial charge >= 0.3 is 0 Å². The van der Waals surface area contributed by atoms with E-state index in [1.165, 1.54) is 33.4 Å². The number of halogens is 2. The maximum Gasteiger partial charge on any atom is 0.0178 e. The highest BCUT2D eigenvalue weighted by Crippen LogP contribution is 2.31. The van der Waals surface area contributed by atoms with E-state index in [1.807, 2.05) is 0 Å². The molecule has 3 rings (SSSR count). The summed E-state index contributed by atoms with van der Waals surface area (Å²) in [5.41, 5.74) is 7.93. The molecule has 0 spiro atoms. The SMILES string of the molecule is CCc1cc(Br)ccc1-c1ccc(-c2ccc(Br)cc2CC)cc1. The van der Waals surface area contributed by atoms with Crippen LogP contribution in [0.25, 0.3) is 22.3 Å². The average molecular weight is 444 g/mol. The standard InChI is InChI=1S/C22H20Br2/c1-3-15-13-19(23)9-11-21(15)17-5-7-18(8-6-17)22-12-10-20(24)14-16(22)4-2/h5-14H,3-4H2,1-2H3. The van der Waals surface area contributed by atoms with Gasteiger partial charge in [0.2, 0.25) is 0 Å². The van der Waals surface area contributed by atoms with Crippen LogP contribution in [-0.2, 0) is 12.8 Å². The number of hydrogen-bond donors (Lipinski definition) is 0. The average Bonchev–Trinajstić information content (AvgIpc) is 2.61. The van der Waals surface area contributed by atoms with E-state index >= 15 is 0 Å².